The van der Waals surface area contributed by atoms with Crippen LogP contribution in [-0.4, -0.2) is 52.0 Å². The summed E-state index contributed by atoms with van der Waals surface area (Å²) < 4.78 is 5.36. The van der Waals surface area contributed by atoms with E-state index in [1.165, 1.54) is 0 Å². The van der Waals surface area contributed by atoms with Gasteiger partial charge in [0.15, 0.2) is 5.82 Å². The minimum absolute atomic E-state index is 0.0890. The number of nitrogens with zero attached hydrogens (tertiary/aromatic N) is 4. The van der Waals surface area contributed by atoms with Crippen LogP contribution in [0.3, 0.4) is 0 Å². The number of aromatic nitrogens is 2. The molecule has 6 nitrogen and oxygen atoms in total. The summed E-state index contributed by atoms with van der Waals surface area (Å²) in [5.41, 5.74) is 2.65. The summed E-state index contributed by atoms with van der Waals surface area (Å²) in [7, 11) is 0. The Morgan fingerprint density at radius 2 is 1.89 bits per heavy atom. The van der Waals surface area contributed by atoms with Gasteiger partial charge >= 0.3 is 0 Å². The van der Waals surface area contributed by atoms with E-state index in [4.69, 9.17) is 16.1 Å². The van der Waals surface area contributed by atoms with E-state index in [1.54, 1.807) is 12.1 Å². The topological polar surface area (TPSA) is 62.5 Å². The van der Waals surface area contributed by atoms with Gasteiger partial charge in [-0.2, -0.15) is 4.98 Å². The van der Waals surface area contributed by atoms with Crippen molar-refractivity contribution < 1.29 is 9.32 Å². The van der Waals surface area contributed by atoms with E-state index in [9.17, 15) is 4.79 Å². The summed E-state index contributed by atoms with van der Waals surface area (Å²) in [6.07, 6.45) is 0. The lowest BCUT2D eigenvalue weighted by Gasteiger charge is -2.34. The van der Waals surface area contributed by atoms with Gasteiger partial charge in [0, 0.05) is 42.3 Å². The average Bonchev–Trinajstić information content (AvgIpc) is 3.17. The van der Waals surface area contributed by atoms with E-state index < -0.39 is 0 Å². The first-order valence-corrected chi connectivity index (χ1v) is 9.63. The molecule has 0 bridgehead atoms. The Hall–Kier alpha value is -2.70. The maximum atomic E-state index is 12.7. The minimum Gasteiger partial charge on any atom is -0.336 e. The zero-order valence-corrected chi connectivity index (χ0v) is 16.4. The molecular weight excluding hydrogens is 376 g/mol. The largest absolute Gasteiger partial charge is 0.336 e. The number of aryl methyl sites for hydroxylation is 1. The van der Waals surface area contributed by atoms with Crippen LogP contribution >= 0.6 is 11.6 Å². The molecule has 2 heterocycles. The van der Waals surface area contributed by atoms with E-state index in [1.807, 2.05) is 48.2 Å². The third-order valence-electron chi connectivity index (χ3n) is 4.83. The van der Waals surface area contributed by atoms with Gasteiger partial charge in [-0.15, -0.1) is 0 Å². The zero-order valence-electron chi connectivity index (χ0n) is 15.6. The van der Waals surface area contributed by atoms with Gasteiger partial charge in [0.1, 0.15) is 0 Å². The molecule has 0 atom stereocenters. The maximum Gasteiger partial charge on any atom is 0.258 e. The van der Waals surface area contributed by atoms with E-state index in [0.717, 1.165) is 29.8 Å². The number of hydrogen-bond donors (Lipinski definition) is 0. The molecule has 0 aliphatic carbocycles. The molecule has 0 saturated carbocycles. The number of amides is 1. The lowest BCUT2D eigenvalue weighted by atomic mass is 10.1. The lowest BCUT2D eigenvalue weighted by Crippen LogP contribution is -2.48. The van der Waals surface area contributed by atoms with Gasteiger partial charge < -0.3 is 9.42 Å². The fourth-order valence-electron chi connectivity index (χ4n) is 3.33. The number of piperazine rings is 1. The van der Waals surface area contributed by atoms with Crippen LogP contribution in [0.2, 0.25) is 5.02 Å². The van der Waals surface area contributed by atoms with Crippen LogP contribution in [0.25, 0.3) is 11.5 Å². The standard InChI is InChI=1S/C21H21ClN4O2/c1-15-4-2-6-17(12-15)21(27)26-10-8-25(9-11-26)14-19-23-20(28-24-19)16-5-3-7-18(22)13-16/h2-7,12-13H,8-11,14H2,1H3. The molecule has 0 N–H and O–H groups in total. The minimum atomic E-state index is 0.0890. The summed E-state index contributed by atoms with van der Waals surface area (Å²) in [6, 6.07) is 15.1. The van der Waals surface area contributed by atoms with Gasteiger partial charge in [0.2, 0.25) is 0 Å². The monoisotopic (exact) mass is 396 g/mol. The summed E-state index contributed by atoms with van der Waals surface area (Å²) in [6.45, 7) is 5.52. The molecule has 0 spiro atoms. The molecule has 1 aliphatic heterocycles. The summed E-state index contributed by atoms with van der Waals surface area (Å²) in [4.78, 5) is 21.3. The van der Waals surface area contributed by atoms with Gasteiger partial charge in [-0.1, -0.05) is 40.5 Å². The molecule has 7 heteroatoms. The molecule has 1 aliphatic rings. The SMILES string of the molecule is Cc1cccc(C(=O)N2CCN(Cc3noc(-c4cccc(Cl)c4)n3)CC2)c1. The number of carbonyl (C=O) groups is 1. The molecule has 0 unspecified atom stereocenters. The summed E-state index contributed by atoms with van der Waals surface area (Å²) >= 11 is 6.02. The first-order valence-electron chi connectivity index (χ1n) is 9.25. The quantitative estimate of drug-likeness (QED) is 0.673. The van der Waals surface area contributed by atoms with E-state index in [0.29, 0.717) is 36.4 Å². The molecule has 1 aromatic heterocycles. The highest BCUT2D eigenvalue weighted by atomic mass is 35.5. The van der Waals surface area contributed by atoms with Crippen LogP contribution in [0.5, 0.6) is 0 Å². The molecule has 2 aromatic carbocycles. The Morgan fingerprint density at radius 1 is 1.11 bits per heavy atom. The fourth-order valence-corrected chi connectivity index (χ4v) is 3.52. The van der Waals surface area contributed by atoms with Crippen molar-refractivity contribution in [3.05, 3.63) is 70.5 Å². The second-order valence-corrected chi connectivity index (χ2v) is 7.40. The summed E-state index contributed by atoms with van der Waals surface area (Å²) in [5, 5.41) is 4.71. The molecule has 1 saturated heterocycles. The lowest BCUT2D eigenvalue weighted by molar-refractivity contribution is 0.0624. The number of benzene rings is 2. The fraction of sp³-hybridized carbons (Fsp3) is 0.286. The predicted octanol–water partition coefficient (Wildman–Crippen LogP) is 3.66. The van der Waals surface area contributed by atoms with Crippen LogP contribution in [0.4, 0.5) is 0 Å². The molecule has 1 fully saturated rings. The van der Waals surface area contributed by atoms with Crippen molar-refractivity contribution in [1.82, 2.24) is 19.9 Å². The second-order valence-electron chi connectivity index (χ2n) is 6.96. The molecule has 3 aromatic rings. The molecule has 0 radical (unpaired) electrons. The Labute approximate surface area is 168 Å². The maximum absolute atomic E-state index is 12.7. The Morgan fingerprint density at radius 3 is 2.64 bits per heavy atom. The van der Waals surface area contributed by atoms with Crippen LogP contribution in [0, 0.1) is 6.92 Å². The molecular formula is C21H21ClN4O2. The van der Waals surface area contributed by atoms with Crippen LogP contribution < -0.4 is 0 Å². The molecule has 144 valence electrons. The van der Waals surface area contributed by atoms with Gasteiger partial charge in [-0.3, -0.25) is 9.69 Å². The summed E-state index contributed by atoms with van der Waals surface area (Å²) in [5.74, 6) is 1.19. The van der Waals surface area contributed by atoms with Crippen molar-refractivity contribution in [2.24, 2.45) is 0 Å². The number of hydrogen-bond acceptors (Lipinski definition) is 5. The van der Waals surface area contributed by atoms with Crippen molar-refractivity contribution in [2.75, 3.05) is 26.2 Å². The third kappa shape index (κ3) is 4.24. The smallest absolute Gasteiger partial charge is 0.258 e. The van der Waals surface area contributed by atoms with Gasteiger partial charge in [-0.25, -0.2) is 0 Å². The molecule has 1 amide bonds. The molecule has 28 heavy (non-hydrogen) atoms. The van der Waals surface area contributed by atoms with Crippen LogP contribution in [-0.2, 0) is 6.54 Å². The van der Waals surface area contributed by atoms with Gasteiger partial charge in [0.25, 0.3) is 11.8 Å². The molecule has 4 rings (SSSR count). The second kappa shape index (κ2) is 8.12. The van der Waals surface area contributed by atoms with Crippen molar-refractivity contribution in [3.8, 4) is 11.5 Å². The van der Waals surface area contributed by atoms with Gasteiger partial charge in [-0.05, 0) is 37.3 Å². The highest BCUT2D eigenvalue weighted by molar-refractivity contribution is 6.30. The van der Waals surface area contributed by atoms with Crippen molar-refractivity contribution >= 4 is 17.5 Å². The Balaban J connectivity index is 1.34. The normalized spacial score (nSPS) is 15.0. The van der Waals surface area contributed by atoms with E-state index in [-0.39, 0.29) is 5.91 Å². The Kier molecular flexibility index (Phi) is 5.41. The van der Waals surface area contributed by atoms with E-state index in [2.05, 4.69) is 15.0 Å². The van der Waals surface area contributed by atoms with Crippen molar-refractivity contribution in [2.45, 2.75) is 13.5 Å². The highest BCUT2D eigenvalue weighted by Gasteiger charge is 2.23. The third-order valence-corrected chi connectivity index (χ3v) is 5.06. The van der Waals surface area contributed by atoms with E-state index >= 15 is 0 Å². The van der Waals surface area contributed by atoms with Crippen LogP contribution in [0.15, 0.2) is 53.1 Å². The van der Waals surface area contributed by atoms with Crippen molar-refractivity contribution in [3.63, 3.8) is 0 Å². The average molecular weight is 397 g/mol. The number of carbonyl (C=O) groups excluding carboxylic acids is 1. The number of rotatable bonds is 4. The van der Waals surface area contributed by atoms with Gasteiger partial charge in [0.05, 0.1) is 6.54 Å². The number of halogens is 1. The highest BCUT2D eigenvalue weighted by Crippen LogP contribution is 2.21. The zero-order chi connectivity index (χ0) is 19.5. The van der Waals surface area contributed by atoms with Crippen LogP contribution in [0.1, 0.15) is 21.7 Å². The Bertz CT molecular complexity index is 980. The first-order chi connectivity index (χ1) is 13.6. The predicted molar refractivity (Wildman–Crippen MR) is 107 cm³/mol. The first kappa shape index (κ1) is 18.7. The van der Waals surface area contributed by atoms with Crippen molar-refractivity contribution in [1.29, 1.82) is 0 Å².